The molecule has 1 fully saturated rings. The molecule has 1 atom stereocenters. The molecule has 6 heteroatoms. The minimum absolute atomic E-state index is 0.00509. The number of hydrogen-bond donors (Lipinski definition) is 1. The van der Waals surface area contributed by atoms with Gasteiger partial charge in [0.1, 0.15) is 18.2 Å². The van der Waals surface area contributed by atoms with Crippen molar-refractivity contribution in [1.82, 2.24) is 5.32 Å². The molecule has 2 heterocycles. The van der Waals surface area contributed by atoms with Gasteiger partial charge in [0.15, 0.2) is 5.76 Å². The van der Waals surface area contributed by atoms with E-state index in [0.717, 1.165) is 25.1 Å². The second kappa shape index (κ2) is 7.49. The van der Waals surface area contributed by atoms with Crippen LogP contribution in [0.15, 0.2) is 40.8 Å². The van der Waals surface area contributed by atoms with Crippen LogP contribution in [-0.4, -0.2) is 32.1 Å². The molecule has 1 aliphatic rings. The summed E-state index contributed by atoms with van der Waals surface area (Å²) < 4.78 is 23.8. The van der Waals surface area contributed by atoms with Gasteiger partial charge in [-0.3, -0.25) is 4.79 Å². The number of carbonyl (C=O) groups excluding carboxylic acids is 1. The van der Waals surface area contributed by atoms with Crippen molar-refractivity contribution in [2.45, 2.75) is 25.5 Å². The van der Waals surface area contributed by atoms with Gasteiger partial charge in [-0.2, -0.15) is 0 Å². The summed E-state index contributed by atoms with van der Waals surface area (Å²) in [4.78, 5) is 14.4. The first kappa shape index (κ1) is 16.5. The highest BCUT2D eigenvalue weighted by Crippen LogP contribution is 2.21. The van der Waals surface area contributed by atoms with Gasteiger partial charge in [-0.15, -0.1) is 0 Å². The van der Waals surface area contributed by atoms with Crippen LogP contribution >= 0.6 is 0 Å². The van der Waals surface area contributed by atoms with Gasteiger partial charge in [-0.05, 0) is 43.2 Å². The zero-order chi connectivity index (χ0) is 16.9. The average molecular weight is 332 g/mol. The van der Waals surface area contributed by atoms with Gasteiger partial charge in [-0.1, -0.05) is 6.07 Å². The van der Waals surface area contributed by atoms with Crippen molar-refractivity contribution < 1.29 is 18.3 Å². The molecule has 3 rings (SSSR count). The predicted octanol–water partition coefficient (Wildman–Crippen LogP) is 2.96. The Hall–Kier alpha value is -2.34. The van der Waals surface area contributed by atoms with Crippen LogP contribution < -0.4 is 10.2 Å². The zero-order valence-corrected chi connectivity index (χ0v) is 13.6. The Morgan fingerprint density at radius 2 is 2.29 bits per heavy atom. The number of methoxy groups -OCH3 is 1. The number of anilines is 1. The van der Waals surface area contributed by atoms with Crippen LogP contribution in [0.3, 0.4) is 0 Å². The maximum absolute atomic E-state index is 13.4. The van der Waals surface area contributed by atoms with E-state index in [4.69, 9.17) is 9.15 Å². The van der Waals surface area contributed by atoms with Crippen LogP contribution in [-0.2, 0) is 11.3 Å². The fraction of sp³-hybridized carbons (Fsp3) is 0.389. The lowest BCUT2D eigenvalue weighted by atomic mass is 10.0. The Morgan fingerprint density at radius 1 is 1.42 bits per heavy atom. The molecule has 1 aromatic carbocycles. The monoisotopic (exact) mass is 332 g/mol. The highest BCUT2D eigenvalue weighted by molar-refractivity contribution is 5.91. The van der Waals surface area contributed by atoms with Gasteiger partial charge in [0.25, 0.3) is 5.91 Å². The van der Waals surface area contributed by atoms with Crippen molar-refractivity contribution in [1.29, 1.82) is 0 Å². The number of carbonyl (C=O) groups is 1. The molecule has 24 heavy (non-hydrogen) atoms. The van der Waals surface area contributed by atoms with Gasteiger partial charge in [-0.25, -0.2) is 4.39 Å². The minimum atomic E-state index is -0.250. The quantitative estimate of drug-likeness (QED) is 0.915. The van der Waals surface area contributed by atoms with Crippen molar-refractivity contribution in [3.05, 3.63) is 53.7 Å². The number of halogens is 1. The minimum Gasteiger partial charge on any atom is -0.453 e. The standard InChI is InChI=1S/C18H21FN2O3/c1-23-12-16-7-8-17(24-16)18(22)20-14-5-3-9-21(11-14)15-6-2-4-13(19)10-15/h2,4,6-8,10,14H,3,5,9,11-12H2,1H3,(H,20,22). The summed E-state index contributed by atoms with van der Waals surface area (Å²) >= 11 is 0. The topological polar surface area (TPSA) is 54.7 Å². The van der Waals surface area contributed by atoms with Gasteiger partial charge in [0.05, 0.1) is 0 Å². The van der Waals surface area contributed by atoms with Crippen molar-refractivity contribution >= 4 is 11.6 Å². The van der Waals surface area contributed by atoms with Crippen molar-refractivity contribution in [3.8, 4) is 0 Å². The third-order valence-electron chi connectivity index (χ3n) is 4.10. The van der Waals surface area contributed by atoms with Gasteiger partial charge >= 0.3 is 0 Å². The molecular weight excluding hydrogens is 311 g/mol. The number of rotatable bonds is 5. The molecule has 1 amide bonds. The normalized spacial score (nSPS) is 17.8. The van der Waals surface area contributed by atoms with Crippen molar-refractivity contribution in [3.63, 3.8) is 0 Å². The van der Waals surface area contributed by atoms with Gasteiger partial charge < -0.3 is 19.4 Å². The number of furan rings is 1. The number of benzene rings is 1. The smallest absolute Gasteiger partial charge is 0.287 e. The summed E-state index contributed by atoms with van der Waals surface area (Å²) in [6.45, 7) is 1.85. The SMILES string of the molecule is COCc1ccc(C(=O)NC2CCCN(c3cccc(F)c3)C2)o1. The molecule has 1 unspecified atom stereocenters. The third-order valence-corrected chi connectivity index (χ3v) is 4.10. The van der Waals surface area contributed by atoms with E-state index in [9.17, 15) is 9.18 Å². The molecule has 128 valence electrons. The van der Waals surface area contributed by atoms with E-state index in [1.54, 1.807) is 25.3 Å². The highest BCUT2D eigenvalue weighted by atomic mass is 19.1. The lowest BCUT2D eigenvalue weighted by Gasteiger charge is -2.34. The summed E-state index contributed by atoms with van der Waals surface area (Å²) in [5, 5.41) is 3.00. The van der Waals surface area contributed by atoms with E-state index in [1.165, 1.54) is 12.1 Å². The lowest BCUT2D eigenvalue weighted by Crippen LogP contribution is -2.47. The Bertz CT molecular complexity index is 701. The van der Waals surface area contributed by atoms with Crippen molar-refractivity contribution in [2.24, 2.45) is 0 Å². The number of nitrogens with one attached hydrogen (secondary N) is 1. The maximum Gasteiger partial charge on any atom is 0.287 e. The summed E-state index contributed by atoms with van der Waals surface area (Å²) in [7, 11) is 1.57. The molecule has 1 saturated heterocycles. The number of piperidine rings is 1. The highest BCUT2D eigenvalue weighted by Gasteiger charge is 2.23. The molecule has 0 bridgehead atoms. The number of ether oxygens (including phenoxy) is 1. The Kier molecular flexibility index (Phi) is 5.15. The summed E-state index contributed by atoms with van der Waals surface area (Å²) in [6.07, 6.45) is 1.83. The second-order valence-electron chi connectivity index (χ2n) is 5.94. The fourth-order valence-electron chi connectivity index (χ4n) is 2.98. The average Bonchev–Trinajstić information content (AvgIpc) is 3.04. The molecule has 0 spiro atoms. The largest absolute Gasteiger partial charge is 0.453 e. The Labute approximate surface area is 140 Å². The molecule has 5 nitrogen and oxygen atoms in total. The van der Waals surface area contributed by atoms with Crippen LogP contribution in [0.2, 0.25) is 0 Å². The van der Waals surface area contributed by atoms with Crippen molar-refractivity contribution in [2.75, 3.05) is 25.1 Å². The zero-order valence-electron chi connectivity index (χ0n) is 13.6. The molecule has 2 aromatic rings. The second-order valence-corrected chi connectivity index (χ2v) is 5.94. The first-order valence-electron chi connectivity index (χ1n) is 8.05. The maximum atomic E-state index is 13.4. The fourth-order valence-corrected chi connectivity index (χ4v) is 2.98. The summed E-state index contributed by atoms with van der Waals surface area (Å²) in [5.74, 6) is 0.418. The van der Waals surface area contributed by atoms with E-state index in [1.807, 2.05) is 6.07 Å². The van der Waals surface area contributed by atoms with Crippen LogP contribution in [0.4, 0.5) is 10.1 Å². The first-order chi connectivity index (χ1) is 11.7. The van der Waals surface area contributed by atoms with E-state index in [2.05, 4.69) is 10.2 Å². The first-order valence-corrected chi connectivity index (χ1v) is 8.05. The van der Waals surface area contributed by atoms with Crippen LogP contribution in [0, 0.1) is 5.82 Å². The molecular formula is C18H21FN2O3. The molecule has 1 N–H and O–H groups in total. The summed E-state index contributed by atoms with van der Waals surface area (Å²) in [5.41, 5.74) is 0.842. The van der Waals surface area contributed by atoms with E-state index in [-0.39, 0.29) is 23.5 Å². The summed E-state index contributed by atoms with van der Waals surface area (Å²) in [6, 6.07) is 9.93. The Balaban J connectivity index is 1.61. The van der Waals surface area contributed by atoms with E-state index in [0.29, 0.717) is 18.9 Å². The van der Waals surface area contributed by atoms with E-state index >= 15 is 0 Å². The molecule has 0 aliphatic carbocycles. The number of hydrogen-bond acceptors (Lipinski definition) is 4. The van der Waals surface area contributed by atoms with Gasteiger partial charge in [0, 0.05) is 31.9 Å². The third kappa shape index (κ3) is 3.94. The number of amides is 1. The molecule has 0 radical (unpaired) electrons. The number of nitrogens with zero attached hydrogens (tertiary/aromatic N) is 1. The predicted molar refractivity (Wildman–Crippen MR) is 88.5 cm³/mol. The molecule has 1 aliphatic heterocycles. The molecule has 1 aromatic heterocycles. The molecule has 0 saturated carbocycles. The van der Waals surface area contributed by atoms with Gasteiger partial charge in [0.2, 0.25) is 0 Å². The van der Waals surface area contributed by atoms with Crippen LogP contribution in [0.1, 0.15) is 29.2 Å². The Morgan fingerprint density at radius 3 is 3.08 bits per heavy atom. The van der Waals surface area contributed by atoms with Crippen LogP contribution in [0.5, 0.6) is 0 Å². The van der Waals surface area contributed by atoms with Crippen LogP contribution in [0.25, 0.3) is 0 Å². The van der Waals surface area contributed by atoms with E-state index < -0.39 is 0 Å². The lowest BCUT2D eigenvalue weighted by molar-refractivity contribution is 0.0896.